The lowest BCUT2D eigenvalue weighted by Crippen LogP contribution is -2.13. The van der Waals surface area contributed by atoms with Crippen LogP contribution in [0.2, 0.25) is 5.02 Å². The number of hydrogen-bond donors (Lipinski definition) is 1. The van der Waals surface area contributed by atoms with E-state index in [1.54, 1.807) is 12.1 Å². The highest BCUT2D eigenvalue weighted by Gasteiger charge is 2.12. The molecule has 1 aromatic heterocycles. The summed E-state index contributed by atoms with van der Waals surface area (Å²) >= 11 is 7.50. The quantitative estimate of drug-likeness (QED) is 0.626. The summed E-state index contributed by atoms with van der Waals surface area (Å²) in [5, 5.41) is 12.7. The van der Waals surface area contributed by atoms with Crippen molar-refractivity contribution in [2.24, 2.45) is 0 Å². The fourth-order valence-corrected chi connectivity index (χ4v) is 3.59. The second kappa shape index (κ2) is 8.38. The summed E-state index contributed by atoms with van der Waals surface area (Å²) in [6, 6.07) is 15.4. The van der Waals surface area contributed by atoms with E-state index in [-0.39, 0.29) is 5.91 Å². The van der Waals surface area contributed by atoms with Gasteiger partial charge in [-0.2, -0.15) is 0 Å². The average molecular weight is 387 g/mol. The van der Waals surface area contributed by atoms with Crippen LogP contribution in [0.15, 0.2) is 53.7 Å². The normalized spacial score (nSPS) is 10.7. The van der Waals surface area contributed by atoms with E-state index in [1.165, 1.54) is 11.8 Å². The van der Waals surface area contributed by atoms with Crippen LogP contribution in [0.25, 0.3) is 5.69 Å². The van der Waals surface area contributed by atoms with Crippen molar-refractivity contribution in [2.75, 3.05) is 11.1 Å². The number of anilines is 1. The first-order chi connectivity index (χ1) is 12.5. The van der Waals surface area contributed by atoms with Crippen molar-refractivity contribution in [1.29, 1.82) is 0 Å². The van der Waals surface area contributed by atoms with Crippen LogP contribution in [0.5, 0.6) is 0 Å². The number of nitrogens with zero attached hydrogens (tertiary/aromatic N) is 3. The lowest BCUT2D eigenvalue weighted by molar-refractivity contribution is -0.115. The Morgan fingerprint density at radius 1 is 1.15 bits per heavy atom. The Kier molecular flexibility index (Phi) is 5.96. The van der Waals surface area contributed by atoms with Gasteiger partial charge in [0.1, 0.15) is 5.82 Å². The van der Waals surface area contributed by atoms with Crippen LogP contribution in [0.1, 0.15) is 17.8 Å². The van der Waals surface area contributed by atoms with Crippen molar-refractivity contribution in [1.82, 2.24) is 14.8 Å². The SMILES string of the molecule is Cc1ccc(Cl)cc1NC(=O)CCSc1nnc(C)n1-c1ccccc1. The Morgan fingerprint density at radius 3 is 2.69 bits per heavy atom. The smallest absolute Gasteiger partial charge is 0.225 e. The summed E-state index contributed by atoms with van der Waals surface area (Å²) < 4.78 is 1.99. The van der Waals surface area contributed by atoms with Gasteiger partial charge in [0.15, 0.2) is 5.16 Å². The van der Waals surface area contributed by atoms with Gasteiger partial charge in [-0.05, 0) is 43.7 Å². The van der Waals surface area contributed by atoms with Crippen LogP contribution in [-0.4, -0.2) is 26.4 Å². The molecule has 0 fully saturated rings. The Morgan fingerprint density at radius 2 is 1.92 bits per heavy atom. The Labute approximate surface area is 161 Å². The fraction of sp³-hybridized carbons (Fsp3) is 0.211. The second-order valence-electron chi connectivity index (χ2n) is 5.81. The summed E-state index contributed by atoms with van der Waals surface area (Å²) in [5.74, 6) is 1.37. The third-order valence-corrected chi connectivity index (χ3v) is 5.01. The average Bonchev–Trinajstić information content (AvgIpc) is 2.99. The number of para-hydroxylation sites is 1. The van der Waals surface area contributed by atoms with Crippen LogP contribution in [-0.2, 0) is 4.79 Å². The van der Waals surface area contributed by atoms with E-state index in [9.17, 15) is 4.79 Å². The molecular formula is C19H19ClN4OS. The maximum Gasteiger partial charge on any atom is 0.225 e. The molecule has 0 aliphatic rings. The number of hydrogen-bond acceptors (Lipinski definition) is 4. The maximum absolute atomic E-state index is 12.2. The molecular weight excluding hydrogens is 368 g/mol. The van der Waals surface area contributed by atoms with Gasteiger partial charge < -0.3 is 5.32 Å². The van der Waals surface area contributed by atoms with Gasteiger partial charge in [0.25, 0.3) is 0 Å². The molecule has 0 unspecified atom stereocenters. The van der Waals surface area contributed by atoms with E-state index in [1.807, 2.05) is 54.8 Å². The number of nitrogens with one attached hydrogen (secondary N) is 1. The van der Waals surface area contributed by atoms with E-state index < -0.39 is 0 Å². The zero-order chi connectivity index (χ0) is 18.5. The lowest BCUT2D eigenvalue weighted by atomic mass is 10.2. The summed E-state index contributed by atoms with van der Waals surface area (Å²) in [6.45, 7) is 3.85. The van der Waals surface area contributed by atoms with E-state index in [0.29, 0.717) is 17.2 Å². The Bertz CT molecular complexity index is 911. The van der Waals surface area contributed by atoms with Gasteiger partial charge in [0.05, 0.1) is 0 Å². The van der Waals surface area contributed by atoms with Gasteiger partial charge in [-0.25, -0.2) is 0 Å². The number of halogens is 1. The van der Waals surface area contributed by atoms with Crippen LogP contribution < -0.4 is 5.32 Å². The third kappa shape index (κ3) is 4.45. The number of benzene rings is 2. The molecule has 0 bridgehead atoms. The van der Waals surface area contributed by atoms with Gasteiger partial charge in [0, 0.05) is 28.6 Å². The highest BCUT2D eigenvalue weighted by molar-refractivity contribution is 7.99. The topological polar surface area (TPSA) is 59.8 Å². The van der Waals surface area contributed by atoms with Crippen molar-refractivity contribution in [3.8, 4) is 5.69 Å². The number of aromatic nitrogens is 3. The lowest BCUT2D eigenvalue weighted by Gasteiger charge is -2.09. The molecule has 7 heteroatoms. The Balaban J connectivity index is 1.60. The first-order valence-electron chi connectivity index (χ1n) is 8.21. The largest absolute Gasteiger partial charge is 0.326 e. The van der Waals surface area contributed by atoms with Gasteiger partial charge in [-0.3, -0.25) is 9.36 Å². The van der Waals surface area contributed by atoms with Gasteiger partial charge in [-0.15, -0.1) is 10.2 Å². The molecule has 3 aromatic rings. The highest BCUT2D eigenvalue weighted by Crippen LogP contribution is 2.23. The molecule has 0 aliphatic heterocycles. The van der Waals surface area contributed by atoms with Crippen LogP contribution in [0, 0.1) is 13.8 Å². The van der Waals surface area contributed by atoms with Crippen molar-refractivity contribution < 1.29 is 4.79 Å². The maximum atomic E-state index is 12.2. The summed E-state index contributed by atoms with van der Waals surface area (Å²) in [7, 11) is 0. The minimum absolute atomic E-state index is 0.0506. The van der Waals surface area contributed by atoms with E-state index in [0.717, 1.165) is 27.9 Å². The summed E-state index contributed by atoms with van der Waals surface area (Å²) in [6.07, 6.45) is 0.372. The Hall–Kier alpha value is -2.31. The zero-order valence-electron chi connectivity index (χ0n) is 14.6. The molecule has 2 aromatic carbocycles. The predicted octanol–water partition coefficient (Wildman–Crippen LogP) is 4.66. The minimum Gasteiger partial charge on any atom is -0.326 e. The summed E-state index contributed by atoms with van der Waals surface area (Å²) in [5.41, 5.74) is 2.74. The monoisotopic (exact) mass is 386 g/mol. The molecule has 0 saturated heterocycles. The van der Waals surface area contributed by atoms with Crippen molar-refractivity contribution in [3.05, 3.63) is 64.9 Å². The molecule has 1 N–H and O–H groups in total. The number of rotatable bonds is 6. The first kappa shape index (κ1) is 18.5. The van der Waals surface area contributed by atoms with Crippen LogP contribution in [0.3, 0.4) is 0 Å². The molecule has 1 heterocycles. The fourth-order valence-electron chi connectivity index (χ4n) is 2.49. The highest BCUT2D eigenvalue weighted by atomic mass is 35.5. The minimum atomic E-state index is -0.0506. The molecule has 0 saturated carbocycles. The predicted molar refractivity (Wildman–Crippen MR) is 106 cm³/mol. The number of carbonyl (C=O) groups is 1. The van der Waals surface area contributed by atoms with Crippen molar-refractivity contribution in [3.63, 3.8) is 0 Å². The molecule has 3 rings (SSSR count). The number of amides is 1. The standard InChI is InChI=1S/C19H19ClN4OS/c1-13-8-9-15(20)12-17(13)21-18(25)10-11-26-19-23-22-14(2)24(19)16-6-4-3-5-7-16/h3-9,12H,10-11H2,1-2H3,(H,21,25). The molecule has 1 amide bonds. The number of carbonyl (C=O) groups excluding carboxylic acids is 1. The van der Waals surface area contributed by atoms with E-state index >= 15 is 0 Å². The van der Waals surface area contributed by atoms with Crippen LogP contribution in [0.4, 0.5) is 5.69 Å². The van der Waals surface area contributed by atoms with Crippen molar-refractivity contribution in [2.45, 2.75) is 25.4 Å². The van der Waals surface area contributed by atoms with Gasteiger partial charge >= 0.3 is 0 Å². The molecule has 0 spiro atoms. The van der Waals surface area contributed by atoms with Gasteiger partial charge in [0.2, 0.25) is 5.91 Å². The molecule has 5 nitrogen and oxygen atoms in total. The van der Waals surface area contributed by atoms with Crippen LogP contribution >= 0.6 is 23.4 Å². The van der Waals surface area contributed by atoms with E-state index in [4.69, 9.17) is 11.6 Å². The first-order valence-corrected chi connectivity index (χ1v) is 9.57. The molecule has 0 aliphatic carbocycles. The molecule has 134 valence electrons. The van der Waals surface area contributed by atoms with Crippen molar-refractivity contribution >= 4 is 35.0 Å². The number of aryl methyl sites for hydroxylation is 2. The molecule has 0 radical (unpaired) electrons. The number of thioether (sulfide) groups is 1. The zero-order valence-corrected chi connectivity index (χ0v) is 16.1. The van der Waals surface area contributed by atoms with Gasteiger partial charge in [-0.1, -0.05) is 47.6 Å². The molecule has 26 heavy (non-hydrogen) atoms. The van der Waals surface area contributed by atoms with E-state index in [2.05, 4.69) is 15.5 Å². The third-order valence-electron chi connectivity index (χ3n) is 3.84. The summed E-state index contributed by atoms with van der Waals surface area (Å²) in [4.78, 5) is 12.2. The molecule has 0 atom stereocenters. The second-order valence-corrected chi connectivity index (χ2v) is 7.31.